The number of fused-ring (bicyclic) bond motifs is 1. The van der Waals surface area contributed by atoms with Crippen LogP contribution in [0.5, 0.6) is 0 Å². The second-order valence-electron chi connectivity index (χ2n) is 2.60. The molecule has 0 amide bonds. The van der Waals surface area contributed by atoms with Crippen molar-refractivity contribution >= 4 is 11.6 Å². The van der Waals surface area contributed by atoms with Crippen LogP contribution in [0.25, 0.3) is 5.65 Å². The smallest absolute Gasteiger partial charge is 0.309 e. The van der Waals surface area contributed by atoms with Crippen LogP contribution in [0.1, 0.15) is 5.69 Å². The molecule has 66 valence electrons. The average molecular weight is 177 g/mol. The highest BCUT2D eigenvalue weighted by Crippen LogP contribution is 2.05. The van der Waals surface area contributed by atoms with E-state index in [1.807, 2.05) is 0 Å². The predicted molar refractivity (Wildman–Crippen MR) is 44.3 cm³/mol. The number of carboxylic acid groups (broad SMARTS) is 1. The Balaban J connectivity index is 2.54. The van der Waals surface area contributed by atoms with Gasteiger partial charge < -0.3 is 9.51 Å². The topological polar surface area (TPSA) is 67.5 Å². The first-order chi connectivity index (χ1) is 6.27. The molecule has 0 fully saturated rings. The number of imidazole rings is 1. The zero-order valence-corrected chi connectivity index (χ0v) is 6.71. The molecule has 0 radical (unpaired) electrons. The van der Waals surface area contributed by atoms with Gasteiger partial charge >= 0.3 is 5.97 Å². The minimum absolute atomic E-state index is 0.0959. The van der Waals surface area contributed by atoms with E-state index in [1.165, 1.54) is 0 Å². The lowest BCUT2D eigenvalue weighted by molar-refractivity contribution is -0.136. The summed E-state index contributed by atoms with van der Waals surface area (Å²) in [6.07, 6.45) is 6.56. The van der Waals surface area contributed by atoms with Gasteiger partial charge in [-0.1, -0.05) is 0 Å². The molecule has 0 aliphatic heterocycles. The van der Waals surface area contributed by atoms with Crippen LogP contribution in [-0.4, -0.2) is 25.4 Å². The Morgan fingerprint density at radius 1 is 1.38 bits per heavy atom. The van der Waals surface area contributed by atoms with Crippen LogP contribution < -0.4 is 0 Å². The highest BCUT2D eigenvalue weighted by atomic mass is 16.4. The first-order valence-corrected chi connectivity index (χ1v) is 3.76. The van der Waals surface area contributed by atoms with E-state index in [0.717, 1.165) is 0 Å². The molecule has 2 rings (SSSR count). The van der Waals surface area contributed by atoms with Gasteiger partial charge in [0.25, 0.3) is 0 Å². The molecule has 0 aliphatic rings. The fourth-order valence-corrected chi connectivity index (χ4v) is 1.18. The Morgan fingerprint density at radius 3 is 2.77 bits per heavy atom. The third kappa shape index (κ3) is 1.35. The van der Waals surface area contributed by atoms with Crippen molar-refractivity contribution in [3.63, 3.8) is 0 Å². The van der Waals surface area contributed by atoms with Crippen molar-refractivity contribution in [1.82, 2.24) is 14.4 Å². The van der Waals surface area contributed by atoms with E-state index >= 15 is 0 Å². The normalized spacial score (nSPS) is 10.5. The summed E-state index contributed by atoms with van der Waals surface area (Å²) in [5, 5.41) is 8.59. The van der Waals surface area contributed by atoms with Crippen molar-refractivity contribution in [2.45, 2.75) is 6.42 Å². The Kier molecular flexibility index (Phi) is 1.70. The van der Waals surface area contributed by atoms with Gasteiger partial charge in [0.05, 0.1) is 12.1 Å². The fraction of sp³-hybridized carbons (Fsp3) is 0.125. The van der Waals surface area contributed by atoms with Gasteiger partial charge in [-0.3, -0.25) is 9.78 Å². The maximum Gasteiger partial charge on any atom is 0.309 e. The van der Waals surface area contributed by atoms with Gasteiger partial charge in [-0.05, 0) is 0 Å². The van der Waals surface area contributed by atoms with E-state index < -0.39 is 5.97 Å². The number of rotatable bonds is 2. The summed E-state index contributed by atoms with van der Waals surface area (Å²) in [4.78, 5) is 18.4. The average Bonchev–Trinajstić information content (AvgIpc) is 2.51. The zero-order valence-electron chi connectivity index (χ0n) is 6.71. The van der Waals surface area contributed by atoms with Crippen LogP contribution >= 0.6 is 0 Å². The molecule has 2 aromatic heterocycles. The number of nitrogens with zero attached hydrogens (tertiary/aromatic N) is 3. The highest BCUT2D eigenvalue weighted by molar-refractivity contribution is 5.72. The Hall–Kier alpha value is -1.91. The van der Waals surface area contributed by atoms with Crippen molar-refractivity contribution in [3.05, 3.63) is 30.5 Å². The molecule has 13 heavy (non-hydrogen) atoms. The summed E-state index contributed by atoms with van der Waals surface area (Å²) in [6, 6.07) is 0. The predicted octanol–water partition coefficient (Wildman–Crippen LogP) is 0.356. The van der Waals surface area contributed by atoms with Crippen molar-refractivity contribution < 1.29 is 9.90 Å². The number of aliphatic carboxylic acids is 1. The van der Waals surface area contributed by atoms with E-state index in [2.05, 4.69) is 9.97 Å². The third-order valence-corrected chi connectivity index (χ3v) is 1.70. The SMILES string of the molecule is O=C(O)Cc1nccn2ccnc12. The van der Waals surface area contributed by atoms with E-state index in [-0.39, 0.29) is 6.42 Å². The lowest BCUT2D eigenvalue weighted by atomic mass is 10.3. The third-order valence-electron chi connectivity index (χ3n) is 1.70. The first-order valence-electron chi connectivity index (χ1n) is 3.76. The monoisotopic (exact) mass is 177 g/mol. The summed E-state index contributed by atoms with van der Waals surface area (Å²) < 4.78 is 1.74. The number of carbonyl (C=O) groups is 1. The summed E-state index contributed by atoms with van der Waals surface area (Å²) in [5.74, 6) is -0.899. The van der Waals surface area contributed by atoms with Crippen LogP contribution in [0.15, 0.2) is 24.8 Å². The number of carboxylic acids is 1. The molecule has 1 N–H and O–H groups in total. The summed E-state index contributed by atoms with van der Waals surface area (Å²) >= 11 is 0. The fourth-order valence-electron chi connectivity index (χ4n) is 1.18. The van der Waals surface area contributed by atoms with Crippen molar-refractivity contribution in [2.24, 2.45) is 0 Å². The van der Waals surface area contributed by atoms with Crippen molar-refractivity contribution in [3.8, 4) is 0 Å². The molecule has 5 heteroatoms. The highest BCUT2D eigenvalue weighted by Gasteiger charge is 2.07. The first kappa shape index (κ1) is 7.72. The number of hydrogen-bond donors (Lipinski definition) is 1. The lowest BCUT2D eigenvalue weighted by Gasteiger charge is -1.97. The van der Waals surface area contributed by atoms with Gasteiger partial charge in [0, 0.05) is 24.8 Å². The maximum atomic E-state index is 10.5. The molecule has 0 bridgehead atoms. The Labute approximate surface area is 73.7 Å². The molecule has 0 spiro atoms. The zero-order chi connectivity index (χ0) is 9.26. The lowest BCUT2D eigenvalue weighted by Crippen LogP contribution is -2.04. The van der Waals surface area contributed by atoms with E-state index in [9.17, 15) is 4.79 Å². The molecule has 0 aromatic carbocycles. The van der Waals surface area contributed by atoms with Crippen LogP contribution in [0, 0.1) is 0 Å². The second-order valence-corrected chi connectivity index (χ2v) is 2.60. The van der Waals surface area contributed by atoms with Crippen LogP contribution in [0.4, 0.5) is 0 Å². The van der Waals surface area contributed by atoms with E-state index in [1.54, 1.807) is 29.2 Å². The molecule has 0 atom stereocenters. The van der Waals surface area contributed by atoms with Gasteiger partial charge in [0.1, 0.15) is 0 Å². The minimum atomic E-state index is -0.899. The molecule has 0 saturated heterocycles. The molecule has 2 heterocycles. The Morgan fingerprint density at radius 2 is 2.08 bits per heavy atom. The second kappa shape index (κ2) is 2.85. The molecule has 0 unspecified atom stereocenters. The summed E-state index contributed by atoms with van der Waals surface area (Å²) in [7, 11) is 0. The van der Waals surface area contributed by atoms with E-state index in [4.69, 9.17) is 5.11 Å². The molecular formula is C8H7N3O2. The number of hydrogen-bond acceptors (Lipinski definition) is 3. The van der Waals surface area contributed by atoms with Crippen LogP contribution in [0.2, 0.25) is 0 Å². The molecular weight excluding hydrogens is 170 g/mol. The van der Waals surface area contributed by atoms with Gasteiger partial charge in [-0.2, -0.15) is 0 Å². The Bertz CT molecular complexity index is 449. The van der Waals surface area contributed by atoms with Crippen LogP contribution in [-0.2, 0) is 11.2 Å². The number of aromatic nitrogens is 3. The van der Waals surface area contributed by atoms with Gasteiger partial charge in [-0.15, -0.1) is 0 Å². The van der Waals surface area contributed by atoms with Crippen LogP contribution in [0.3, 0.4) is 0 Å². The quantitative estimate of drug-likeness (QED) is 0.719. The van der Waals surface area contributed by atoms with Gasteiger partial charge in [-0.25, -0.2) is 4.98 Å². The molecule has 2 aromatic rings. The maximum absolute atomic E-state index is 10.5. The summed E-state index contributed by atoms with van der Waals surface area (Å²) in [6.45, 7) is 0. The van der Waals surface area contributed by atoms with Gasteiger partial charge in [0.2, 0.25) is 0 Å². The van der Waals surface area contributed by atoms with Crippen molar-refractivity contribution in [2.75, 3.05) is 0 Å². The largest absolute Gasteiger partial charge is 0.481 e. The molecule has 5 nitrogen and oxygen atoms in total. The van der Waals surface area contributed by atoms with Gasteiger partial charge in [0.15, 0.2) is 5.65 Å². The van der Waals surface area contributed by atoms with E-state index in [0.29, 0.717) is 11.3 Å². The standard InChI is InChI=1S/C8H7N3O2/c12-7(13)5-6-8-10-2-4-11(8)3-1-9-6/h1-4H,5H2,(H,12,13). The molecule has 0 aliphatic carbocycles. The minimum Gasteiger partial charge on any atom is -0.481 e. The van der Waals surface area contributed by atoms with Crippen molar-refractivity contribution in [1.29, 1.82) is 0 Å². The summed E-state index contributed by atoms with van der Waals surface area (Å²) in [5.41, 5.74) is 1.09. The molecule has 0 saturated carbocycles.